The predicted molar refractivity (Wildman–Crippen MR) is 126 cm³/mol. The Morgan fingerprint density at radius 1 is 1.13 bits per heavy atom. The van der Waals surface area contributed by atoms with Crippen molar-refractivity contribution in [2.75, 3.05) is 7.05 Å². The van der Waals surface area contributed by atoms with Gasteiger partial charge in [-0.05, 0) is 35.7 Å². The quantitative estimate of drug-likeness (QED) is 0.395. The van der Waals surface area contributed by atoms with Crippen LogP contribution in [0.25, 0.3) is 31.7 Å². The molecule has 9 heteroatoms. The van der Waals surface area contributed by atoms with E-state index in [1.165, 1.54) is 22.7 Å². The third-order valence-electron chi connectivity index (χ3n) is 4.87. The predicted octanol–water partition coefficient (Wildman–Crippen LogP) is 5.19. The van der Waals surface area contributed by atoms with Crippen molar-refractivity contribution in [3.63, 3.8) is 0 Å². The number of rotatable bonds is 4. The molecule has 154 valence electrons. The standard InChI is InChI=1S/C22H15ClN4O2S2/c1-27(11-19-25-15-8-9-30-20(15)21(28)26-19)22(29)13-10-16(17-6-7-18(23)31-17)24-14-5-3-2-4-12(13)14/h2-10H,11H2,1H3,(H,25,26,28). The fraction of sp³-hybridized carbons (Fsp3) is 0.0909. The van der Waals surface area contributed by atoms with Gasteiger partial charge in [0.25, 0.3) is 11.5 Å². The van der Waals surface area contributed by atoms with E-state index in [0.717, 1.165) is 15.8 Å². The fourth-order valence-corrected chi connectivity index (χ4v) is 5.16. The summed E-state index contributed by atoms with van der Waals surface area (Å²) in [7, 11) is 1.69. The van der Waals surface area contributed by atoms with Crippen molar-refractivity contribution >= 4 is 61.3 Å². The van der Waals surface area contributed by atoms with E-state index < -0.39 is 0 Å². The monoisotopic (exact) mass is 466 g/mol. The number of nitrogens with one attached hydrogen (secondary N) is 1. The van der Waals surface area contributed by atoms with E-state index in [1.807, 2.05) is 41.8 Å². The van der Waals surface area contributed by atoms with Gasteiger partial charge in [0.15, 0.2) is 0 Å². The van der Waals surface area contributed by atoms with Gasteiger partial charge < -0.3 is 9.88 Å². The number of benzene rings is 1. The molecule has 5 rings (SSSR count). The largest absolute Gasteiger partial charge is 0.334 e. The SMILES string of the molecule is CN(Cc1nc2ccsc2c(=O)[nH]1)C(=O)c1cc(-c2ccc(Cl)s2)nc2ccccc12. The number of hydrogen-bond donors (Lipinski definition) is 1. The van der Waals surface area contributed by atoms with Gasteiger partial charge in [0.2, 0.25) is 0 Å². The van der Waals surface area contributed by atoms with Crippen molar-refractivity contribution in [1.29, 1.82) is 0 Å². The molecule has 0 radical (unpaired) electrons. The summed E-state index contributed by atoms with van der Waals surface area (Å²) >= 11 is 8.86. The molecule has 0 aliphatic heterocycles. The molecule has 0 spiro atoms. The molecule has 1 N–H and O–H groups in total. The van der Waals surface area contributed by atoms with Crippen LogP contribution >= 0.6 is 34.3 Å². The second-order valence-electron chi connectivity index (χ2n) is 6.98. The van der Waals surface area contributed by atoms with Crippen LogP contribution in [0.4, 0.5) is 0 Å². The van der Waals surface area contributed by atoms with Crippen LogP contribution in [-0.4, -0.2) is 32.8 Å². The van der Waals surface area contributed by atoms with E-state index in [1.54, 1.807) is 24.1 Å². The van der Waals surface area contributed by atoms with Crippen molar-refractivity contribution in [2.45, 2.75) is 6.54 Å². The van der Waals surface area contributed by atoms with Gasteiger partial charge in [-0.25, -0.2) is 9.97 Å². The topological polar surface area (TPSA) is 79.0 Å². The molecule has 5 aromatic rings. The summed E-state index contributed by atoms with van der Waals surface area (Å²) in [6.45, 7) is 0.177. The zero-order valence-corrected chi connectivity index (χ0v) is 18.6. The summed E-state index contributed by atoms with van der Waals surface area (Å²) in [5.41, 5.74) is 2.40. The maximum atomic E-state index is 13.4. The molecule has 4 heterocycles. The Morgan fingerprint density at radius 2 is 1.97 bits per heavy atom. The highest BCUT2D eigenvalue weighted by Crippen LogP contribution is 2.32. The molecule has 0 aliphatic carbocycles. The lowest BCUT2D eigenvalue weighted by atomic mass is 10.1. The van der Waals surface area contributed by atoms with E-state index in [0.29, 0.717) is 31.6 Å². The number of para-hydroxylation sites is 1. The molecule has 31 heavy (non-hydrogen) atoms. The van der Waals surface area contributed by atoms with Gasteiger partial charge in [0, 0.05) is 12.4 Å². The highest BCUT2D eigenvalue weighted by Gasteiger charge is 2.19. The van der Waals surface area contributed by atoms with Gasteiger partial charge in [-0.15, -0.1) is 22.7 Å². The van der Waals surface area contributed by atoms with Gasteiger partial charge >= 0.3 is 0 Å². The third-order valence-corrected chi connectivity index (χ3v) is 7.03. The summed E-state index contributed by atoms with van der Waals surface area (Å²) < 4.78 is 1.24. The molecule has 0 atom stereocenters. The first-order chi connectivity index (χ1) is 15.0. The molecular weight excluding hydrogens is 452 g/mol. The Morgan fingerprint density at radius 3 is 2.77 bits per heavy atom. The number of halogens is 1. The summed E-state index contributed by atoms with van der Waals surface area (Å²) in [4.78, 5) is 40.1. The normalized spacial score (nSPS) is 11.3. The number of aromatic nitrogens is 3. The zero-order valence-electron chi connectivity index (χ0n) is 16.3. The van der Waals surface area contributed by atoms with E-state index in [2.05, 4.69) is 9.97 Å². The first-order valence-corrected chi connectivity index (χ1v) is 11.4. The Balaban J connectivity index is 1.54. The number of thiophene rings is 2. The smallest absolute Gasteiger partial charge is 0.268 e. The van der Waals surface area contributed by atoms with Crippen molar-refractivity contribution in [2.24, 2.45) is 0 Å². The number of aromatic amines is 1. The van der Waals surface area contributed by atoms with E-state index >= 15 is 0 Å². The summed E-state index contributed by atoms with van der Waals surface area (Å²) in [5.74, 6) is 0.256. The van der Waals surface area contributed by atoms with Crippen molar-refractivity contribution in [3.05, 3.63) is 80.0 Å². The van der Waals surface area contributed by atoms with Gasteiger partial charge in [0.05, 0.1) is 38.0 Å². The van der Waals surface area contributed by atoms with Crippen LogP contribution in [0.15, 0.2) is 58.7 Å². The lowest BCUT2D eigenvalue weighted by Gasteiger charge is -2.18. The number of nitrogens with zero attached hydrogens (tertiary/aromatic N) is 3. The van der Waals surface area contributed by atoms with Crippen LogP contribution in [-0.2, 0) is 6.54 Å². The highest BCUT2D eigenvalue weighted by atomic mass is 35.5. The number of fused-ring (bicyclic) bond motifs is 2. The second-order valence-corrected chi connectivity index (χ2v) is 9.62. The summed E-state index contributed by atoms with van der Waals surface area (Å²) in [5, 5.41) is 2.59. The molecule has 0 bridgehead atoms. The zero-order chi connectivity index (χ0) is 21.5. The second kappa shape index (κ2) is 7.88. The number of carbonyl (C=O) groups is 1. The van der Waals surface area contributed by atoms with Gasteiger partial charge in [0.1, 0.15) is 10.5 Å². The average Bonchev–Trinajstić information content (AvgIpc) is 3.41. The Hall–Kier alpha value is -3.07. The Kier molecular flexibility index (Phi) is 5.05. The maximum Gasteiger partial charge on any atom is 0.268 e. The van der Waals surface area contributed by atoms with Crippen LogP contribution in [0, 0.1) is 0 Å². The molecule has 0 fully saturated rings. The molecule has 0 saturated heterocycles. The lowest BCUT2D eigenvalue weighted by Crippen LogP contribution is -2.28. The third kappa shape index (κ3) is 3.74. The lowest BCUT2D eigenvalue weighted by molar-refractivity contribution is 0.0783. The molecule has 6 nitrogen and oxygen atoms in total. The molecular formula is C22H15ClN4O2S2. The number of amides is 1. The van der Waals surface area contributed by atoms with Crippen LogP contribution in [0.3, 0.4) is 0 Å². The maximum absolute atomic E-state index is 13.4. The van der Waals surface area contributed by atoms with Crippen LogP contribution in [0.5, 0.6) is 0 Å². The van der Waals surface area contributed by atoms with E-state index in [9.17, 15) is 9.59 Å². The van der Waals surface area contributed by atoms with Gasteiger partial charge in [-0.3, -0.25) is 9.59 Å². The number of hydrogen-bond acceptors (Lipinski definition) is 6. The van der Waals surface area contributed by atoms with E-state index in [4.69, 9.17) is 16.6 Å². The average molecular weight is 467 g/mol. The molecule has 0 unspecified atom stereocenters. The molecule has 1 aromatic carbocycles. The van der Waals surface area contributed by atoms with E-state index in [-0.39, 0.29) is 18.0 Å². The fourth-order valence-electron chi connectivity index (χ4n) is 3.43. The molecule has 0 aliphatic rings. The molecule has 1 amide bonds. The number of carbonyl (C=O) groups excluding carboxylic acids is 1. The first kappa shape index (κ1) is 19.9. The minimum Gasteiger partial charge on any atom is -0.334 e. The van der Waals surface area contributed by atoms with Crippen molar-refractivity contribution < 1.29 is 4.79 Å². The summed E-state index contributed by atoms with van der Waals surface area (Å²) in [6, 6.07) is 14.8. The number of pyridine rings is 1. The highest BCUT2D eigenvalue weighted by molar-refractivity contribution is 7.19. The first-order valence-electron chi connectivity index (χ1n) is 9.37. The van der Waals surface area contributed by atoms with Crippen LogP contribution in [0.2, 0.25) is 4.34 Å². The van der Waals surface area contributed by atoms with Crippen LogP contribution in [0.1, 0.15) is 16.2 Å². The Labute approximate surface area is 189 Å². The summed E-state index contributed by atoms with van der Waals surface area (Å²) in [6.07, 6.45) is 0. The minimum absolute atomic E-state index is 0.177. The molecule has 4 aromatic heterocycles. The van der Waals surface area contributed by atoms with Gasteiger partial charge in [-0.1, -0.05) is 29.8 Å². The molecule has 0 saturated carbocycles. The Bertz CT molecular complexity index is 1500. The van der Waals surface area contributed by atoms with Crippen molar-refractivity contribution in [3.8, 4) is 10.6 Å². The minimum atomic E-state index is -0.193. The number of H-pyrrole nitrogens is 1. The van der Waals surface area contributed by atoms with Gasteiger partial charge in [-0.2, -0.15) is 0 Å². The van der Waals surface area contributed by atoms with Crippen molar-refractivity contribution in [1.82, 2.24) is 19.9 Å². The van der Waals surface area contributed by atoms with Crippen LogP contribution < -0.4 is 5.56 Å².